The topological polar surface area (TPSA) is 59.1 Å². The van der Waals surface area contributed by atoms with Gasteiger partial charge in [0.2, 0.25) is 5.95 Å². The summed E-state index contributed by atoms with van der Waals surface area (Å²) in [5.41, 5.74) is 3.47. The predicted octanol–water partition coefficient (Wildman–Crippen LogP) is 5.23. The summed E-state index contributed by atoms with van der Waals surface area (Å²) in [6.45, 7) is 5.51. The molecule has 0 radical (unpaired) electrons. The Kier molecular flexibility index (Phi) is 6.47. The van der Waals surface area contributed by atoms with Crippen LogP contribution in [0.1, 0.15) is 44.7 Å². The molecule has 0 aliphatic heterocycles. The highest BCUT2D eigenvalue weighted by Crippen LogP contribution is 2.21. The van der Waals surface area contributed by atoms with Crippen molar-refractivity contribution in [2.45, 2.75) is 46.0 Å². The van der Waals surface area contributed by atoms with E-state index in [0.717, 1.165) is 35.9 Å². The van der Waals surface area contributed by atoms with Crippen molar-refractivity contribution in [1.29, 1.82) is 0 Å². The van der Waals surface area contributed by atoms with Crippen LogP contribution in [-0.2, 0) is 0 Å². The van der Waals surface area contributed by atoms with Crippen molar-refractivity contribution in [3.63, 3.8) is 0 Å². The highest BCUT2D eigenvalue weighted by Gasteiger charge is 2.06. The third kappa shape index (κ3) is 5.48. The first-order valence-corrected chi connectivity index (χ1v) is 9.50. The number of aromatic nitrogens is 2. The molecule has 3 rings (SSSR count). The largest absolute Gasteiger partial charge is 0.494 e. The Morgan fingerprint density at radius 3 is 2.69 bits per heavy atom. The SMILES string of the molecule is CCOc1ccc(Nc2cc(C)nc(NCCC3=CCCCC3)n2)cc1. The summed E-state index contributed by atoms with van der Waals surface area (Å²) in [6.07, 6.45) is 8.58. The Morgan fingerprint density at radius 2 is 1.96 bits per heavy atom. The van der Waals surface area contributed by atoms with Crippen molar-refractivity contribution in [2.24, 2.45) is 0 Å². The van der Waals surface area contributed by atoms with Crippen LogP contribution >= 0.6 is 0 Å². The maximum absolute atomic E-state index is 5.48. The molecule has 26 heavy (non-hydrogen) atoms. The molecule has 0 atom stereocenters. The second kappa shape index (κ2) is 9.22. The summed E-state index contributed by atoms with van der Waals surface area (Å²) in [5, 5.41) is 6.70. The number of rotatable bonds is 8. The van der Waals surface area contributed by atoms with Gasteiger partial charge in [-0.15, -0.1) is 0 Å². The fourth-order valence-electron chi connectivity index (χ4n) is 3.13. The van der Waals surface area contributed by atoms with Crippen molar-refractivity contribution in [1.82, 2.24) is 9.97 Å². The zero-order valence-electron chi connectivity index (χ0n) is 15.7. The zero-order valence-corrected chi connectivity index (χ0v) is 15.7. The second-order valence-electron chi connectivity index (χ2n) is 6.59. The summed E-state index contributed by atoms with van der Waals surface area (Å²) < 4.78 is 5.48. The molecule has 0 fully saturated rings. The minimum absolute atomic E-state index is 0.670. The van der Waals surface area contributed by atoms with Crippen LogP contribution in [0.15, 0.2) is 42.0 Å². The summed E-state index contributed by atoms with van der Waals surface area (Å²) in [7, 11) is 0. The van der Waals surface area contributed by atoms with Gasteiger partial charge >= 0.3 is 0 Å². The maximum Gasteiger partial charge on any atom is 0.224 e. The van der Waals surface area contributed by atoms with Crippen LogP contribution in [0.25, 0.3) is 0 Å². The average molecular weight is 352 g/mol. The van der Waals surface area contributed by atoms with Crippen molar-refractivity contribution < 1.29 is 4.74 Å². The van der Waals surface area contributed by atoms with Gasteiger partial charge in [-0.1, -0.05) is 11.6 Å². The average Bonchev–Trinajstić information content (AvgIpc) is 2.64. The molecule has 5 heteroatoms. The van der Waals surface area contributed by atoms with Gasteiger partial charge in [-0.25, -0.2) is 4.98 Å². The van der Waals surface area contributed by atoms with Gasteiger partial charge in [-0.2, -0.15) is 4.98 Å². The Morgan fingerprint density at radius 1 is 1.12 bits per heavy atom. The van der Waals surface area contributed by atoms with E-state index in [1.165, 1.54) is 25.7 Å². The third-order valence-corrected chi connectivity index (χ3v) is 4.41. The standard InChI is InChI=1S/C21H28N4O/c1-3-26-19-11-9-18(10-12-19)24-20-15-16(2)23-21(25-20)22-14-13-17-7-5-4-6-8-17/h7,9-12,15H,3-6,8,13-14H2,1-2H3,(H2,22,23,24,25). The summed E-state index contributed by atoms with van der Waals surface area (Å²) in [6, 6.07) is 9.84. The van der Waals surface area contributed by atoms with Gasteiger partial charge < -0.3 is 15.4 Å². The molecule has 1 aromatic heterocycles. The second-order valence-corrected chi connectivity index (χ2v) is 6.59. The fraction of sp³-hybridized carbons (Fsp3) is 0.429. The zero-order chi connectivity index (χ0) is 18.2. The van der Waals surface area contributed by atoms with E-state index in [0.29, 0.717) is 12.6 Å². The molecule has 1 aliphatic rings. The molecule has 1 heterocycles. The van der Waals surface area contributed by atoms with Crippen LogP contribution in [-0.4, -0.2) is 23.1 Å². The lowest BCUT2D eigenvalue weighted by Crippen LogP contribution is -2.09. The molecule has 138 valence electrons. The Bertz CT molecular complexity index is 740. The highest BCUT2D eigenvalue weighted by atomic mass is 16.5. The summed E-state index contributed by atoms with van der Waals surface area (Å²) in [5.74, 6) is 2.34. The number of nitrogens with zero attached hydrogens (tertiary/aromatic N) is 2. The van der Waals surface area contributed by atoms with Crippen LogP contribution in [0.4, 0.5) is 17.5 Å². The van der Waals surface area contributed by atoms with Gasteiger partial charge in [-0.05, 0) is 70.2 Å². The number of hydrogen-bond donors (Lipinski definition) is 2. The van der Waals surface area contributed by atoms with Gasteiger partial charge in [0.15, 0.2) is 0 Å². The molecule has 1 aliphatic carbocycles. The molecule has 0 saturated heterocycles. The molecule has 0 amide bonds. The maximum atomic E-state index is 5.48. The Balaban J connectivity index is 1.58. The minimum Gasteiger partial charge on any atom is -0.494 e. The molecule has 2 aromatic rings. The molecular weight excluding hydrogens is 324 g/mol. The fourth-order valence-corrected chi connectivity index (χ4v) is 3.13. The van der Waals surface area contributed by atoms with Gasteiger partial charge in [0, 0.05) is 24.0 Å². The van der Waals surface area contributed by atoms with Crippen LogP contribution in [0.2, 0.25) is 0 Å². The Hall–Kier alpha value is -2.56. The van der Waals surface area contributed by atoms with Crippen LogP contribution in [0, 0.1) is 6.92 Å². The number of aryl methyl sites for hydroxylation is 1. The van der Waals surface area contributed by atoms with Crippen LogP contribution in [0.5, 0.6) is 5.75 Å². The number of hydrogen-bond acceptors (Lipinski definition) is 5. The summed E-state index contributed by atoms with van der Waals surface area (Å²) in [4.78, 5) is 9.08. The van der Waals surface area contributed by atoms with Crippen molar-refractivity contribution >= 4 is 17.5 Å². The van der Waals surface area contributed by atoms with E-state index >= 15 is 0 Å². The van der Waals surface area contributed by atoms with E-state index in [1.807, 2.05) is 44.2 Å². The van der Waals surface area contributed by atoms with Crippen LogP contribution < -0.4 is 15.4 Å². The molecule has 0 unspecified atom stereocenters. The Labute approximate surface area is 155 Å². The quantitative estimate of drug-likeness (QED) is 0.637. The van der Waals surface area contributed by atoms with Gasteiger partial charge in [0.1, 0.15) is 11.6 Å². The van der Waals surface area contributed by atoms with E-state index in [1.54, 1.807) is 5.57 Å². The lowest BCUT2D eigenvalue weighted by molar-refractivity contribution is 0.340. The summed E-state index contributed by atoms with van der Waals surface area (Å²) >= 11 is 0. The number of ether oxygens (including phenoxy) is 1. The van der Waals surface area contributed by atoms with E-state index < -0.39 is 0 Å². The van der Waals surface area contributed by atoms with Gasteiger partial charge in [0.25, 0.3) is 0 Å². The van der Waals surface area contributed by atoms with E-state index in [9.17, 15) is 0 Å². The monoisotopic (exact) mass is 352 g/mol. The first kappa shape index (κ1) is 18.2. The predicted molar refractivity (Wildman–Crippen MR) is 107 cm³/mol. The first-order valence-electron chi connectivity index (χ1n) is 9.50. The van der Waals surface area contributed by atoms with E-state index in [4.69, 9.17) is 4.74 Å². The van der Waals surface area contributed by atoms with E-state index in [2.05, 4.69) is 26.7 Å². The third-order valence-electron chi connectivity index (χ3n) is 4.41. The molecule has 5 nitrogen and oxygen atoms in total. The molecule has 0 saturated carbocycles. The first-order chi connectivity index (χ1) is 12.7. The highest BCUT2D eigenvalue weighted by molar-refractivity contribution is 5.58. The molecular formula is C21H28N4O. The van der Waals surface area contributed by atoms with Gasteiger partial charge in [-0.3, -0.25) is 0 Å². The van der Waals surface area contributed by atoms with Crippen molar-refractivity contribution in [2.75, 3.05) is 23.8 Å². The lowest BCUT2D eigenvalue weighted by Gasteiger charge is -2.14. The molecule has 0 bridgehead atoms. The van der Waals surface area contributed by atoms with Crippen molar-refractivity contribution in [3.8, 4) is 5.75 Å². The molecule has 2 N–H and O–H groups in total. The normalized spacial score (nSPS) is 13.8. The molecule has 1 aromatic carbocycles. The molecule has 0 spiro atoms. The number of anilines is 3. The van der Waals surface area contributed by atoms with E-state index in [-0.39, 0.29) is 0 Å². The number of allylic oxidation sites excluding steroid dienone is 1. The van der Waals surface area contributed by atoms with Crippen LogP contribution in [0.3, 0.4) is 0 Å². The lowest BCUT2D eigenvalue weighted by atomic mass is 9.97. The minimum atomic E-state index is 0.670. The van der Waals surface area contributed by atoms with Crippen molar-refractivity contribution in [3.05, 3.63) is 47.7 Å². The number of benzene rings is 1. The number of nitrogens with one attached hydrogen (secondary N) is 2. The smallest absolute Gasteiger partial charge is 0.224 e. The van der Waals surface area contributed by atoms with Gasteiger partial charge in [0.05, 0.1) is 6.61 Å².